The average molecular weight is 353 g/mol. The summed E-state index contributed by atoms with van der Waals surface area (Å²) in [5, 5.41) is 3.99. The van der Waals surface area contributed by atoms with E-state index >= 15 is 0 Å². The van der Waals surface area contributed by atoms with Gasteiger partial charge in [0.1, 0.15) is 12.4 Å². The van der Waals surface area contributed by atoms with Crippen molar-refractivity contribution in [1.29, 1.82) is 0 Å². The fourth-order valence-corrected chi connectivity index (χ4v) is 3.35. The van der Waals surface area contributed by atoms with Crippen LogP contribution in [0.15, 0.2) is 24.5 Å². The van der Waals surface area contributed by atoms with Crippen molar-refractivity contribution in [1.82, 2.24) is 9.78 Å². The Hall–Kier alpha value is -2.18. The number of hydrogen-bond acceptors (Lipinski definition) is 3. The third kappa shape index (κ3) is 3.45. The Bertz CT molecular complexity index is 755. The number of halogens is 3. The molecule has 2 aromatic rings. The van der Waals surface area contributed by atoms with Gasteiger partial charge in [-0.2, -0.15) is 18.3 Å². The highest BCUT2D eigenvalue weighted by atomic mass is 19.4. The first-order valence-electron chi connectivity index (χ1n) is 8.45. The molecule has 0 N–H and O–H groups in total. The lowest BCUT2D eigenvalue weighted by atomic mass is 9.98. The largest absolute Gasteiger partial charge is 0.490 e. The summed E-state index contributed by atoms with van der Waals surface area (Å²) < 4.78 is 48.3. The van der Waals surface area contributed by atoms with Crippen LogP contribution in [-0.4, -0.2) is 29.0 Å². The monoisotopic (exact) mass is 353 g/mol. The van der Waals surface area contributed by atoms with E-state index in [2.05, 4.69) is 12.0 Å². The molecule has 3 rings (SSSR count). The van der Waals surface area contributed by atoms with Crippen LogP contribution < -0.4 is 9.64 Å². The number of ether oxygens (including phenoxy) is 1. The fourth-order valence-electron chi connectivity index (χ4n) is 3.35. The van der Waals surface area contributed by atoms with Crippen molar-refractivity contribution >= 4 is 5.69 Å². The van der Waals surface area contributed by atoms with Gasteiger partial charge in [0.15, 0.2) is 0 Å². The zero-order valence-corrected chi connectivity index (χ0v) is 14.6. The molecule has 7 heteroatoms. The van der Waals surface area contributed by atoms with Crippen LogP contribution in [0.2, 0.25) is 0 Å². The molecule has 0 spiro atoms. The van der Waals surface area contributed by atoms with Crippen LogP contribution in [0.3, 0.4) is 0 Å². The highest BCUT2D eigenvalue weighted by Gasteiger charge is 2.37. The van der Waals surface area contributed by atoms with E-state index in [1.165, 1.54) is 23.0 Å². The van der Waals surface area contributed by atoms with Crippen LogP contribution >= 0.6 is 0 Å². The maximum Gasteiger partial charge on any atom is 0.417 e. The topological polar surface area (TPSA) is 30.3 Å². The molecule has 1 aromatic heterocycles. The summed E-state index contributed by atoms with van der Waals surface area (Å²) in [4.78, 5) is 2.02. The SMILES string of the molecule is CCCC(C)N1CCOc2cc(-c3cnn(C)c3)c(C(F)(F)F)cc21. The van der Waals surface area contributed by atoms with Crippen LogP contribution in [0.4, 0.5) is 18.9 Å². The Morgan fingerprint density at radius 1 is 1.32 bits per heavy atom. The number of aryl methyl sites for hydroxylation is 1. The fraction of sp³-hybridized carbons (Fsp3) is 0.500. The molecular formula is C18H22F3N3O. The Morgan fingerprint density at radius 2 is 2.08 bits per heavy atom. The van der Waals surface area contributed by atoms with E-state index < -0.39 is 11.7 Å². The third-order valence-electron chi connectivity index (χ3n) is 4.56. The predicted molar refractivity (Wildman–Crippen MR) is 90.9 cm³/mol. The van der Waals surface area contributed by atoms with Gasteiger partial charge in [-0.15, -0.1) is 0 Å². The number of nitrogens with zero attached hydrogens (tertiary/aromatic N) is 3. The molecule has 1 unspecified atom stereocenters. The zero-order chi connectivity index (χ0) is 18.2. The van der Waals surface area contributed by atoms with E-state index in [1.54, 1.807) is 13.2 Å². The van der Waals surface area contributed by atoms with Crippen LogP contribution in [0, 0.1) is 0 Å². The van der Waals surface area contributed by atoms with Crippen molar-refractivity contribution in [2.24, 2.45) is 7.05 Å². The molecule has 136 valence electrons. The minimum Gasteiger partial charge on any atom is -0.490 e. The summed E-state index contributed by atoms with van der Waals surface area (Å²) in [6, 6.07) is 2.89. The molecule has 0 saturated heterocycles. The Balaban J connectivity index is 2.14. The Kier molecular flexibility index (Phi) is 4.67. The van der Waals surface area contributed by atoms with Crippen molar-refractivity contribution in [2.45, 2.75) is 38.9 Å². The molecule has 0 fully saturated rings. The summed E-state index contributed by atoms with van der Waals surface area (Å²) in [5.41, 5.74) is 0.398. The van der Waals surface area contributed by atoms with E-state index in [9.17, 15) is 13.2 Å². The highest BCUT2D eigenvalue weighted by Crippen LogP contribution is 2.45. The van der Waals surface area contributed by atoms with Gasteiger partial charge in [0.25, 0.3) is 0 Å². The van der Waals surface area contributed by atoms with Gasteiger partial charge in [-0.25, -0.2) is 0 Å². The number of anilines is 1. The minimum absolute atomic E-state index is 0.101. The van der Waals surface area contributed by atoms with Gasteiger partial charge in [-0.05, 0) is 25.5 Å². The number of hydrogen-bond donors (Lipinski definition) is 0. The lowest BCUT2D eigenvalue weighted by Gasteiger charge is -2.37. The maximum absolute atomic E-state index is 13.7. The molecule has 4 nitrogen and oxygen atoms in total. The van der Waals surface area contributed by atoms with Gasteiger partial charge >= 0.3 is 6.18 Å². The van der Waals surface area contributed by atoms with E-state index in [0.717, 1.165) is 12.8 Å². The number of benzene rings is 1. The van der Waals surface area contributed by atoms with Gasteiger partial charge in [-0.3, -0.25) is 4.68 Å². The van der Waals surface area contributed by atoms with Crippen LogP contribution in [0.5, 0.6) is 5.75 Å². The smallest absolute Gasteiger partial charge is 0.417 e. The third-order valence-corrected chi connectivity index (χ3v) is 4.56. The zero-order valence-electron chi connectivity index (χ0n) is 14.6. The number of fused-ring (bicyclic) bond motifs is 1. The van der Waals surface area contributed by atoms with Gasteiger partial charge in [-0.1, -0.05) is 13.3 Å². The Labute approximate surface area is 145 Å². The lowest BCUT2D eigenvalue weighted by Crippen LogP contribution is -2.39. The van der Waals surface area contributed by atoms with Crippen LogP contribution in [-0.2, 0) is 13.2 Å². The molecule has 0 amide bonds. The predicted octanol–water partition coefficient (Wildman–Crippen LogP) is 4.49. The molecule has 0 aliphatic carbocycles. The van der Waals surface area contributed by atoms with Crippen molar-refractivity contribution < 1.29 is 17.9 Å². The average Bonchev–Trinajstić information content (AvgIpc) is 2.98. The summed E-state index contributed by atoms with van der Waals surface area (Å²) in [5.74, 6) is 0.501. The molecule has 0 saturated carbocycles. The van der Waals surface area contributed by atoms with Crippen LogP contribution in [0.1, 0.15) is 32.3 Å². The van der Waals surface area contributed by atoms with Crippen molar-refractivity contribution in [3.8, 4) is 16.9 Å². The van der Waals surface area contributed by atoms with E-state index in [0.29, 0.717) is 30.2 Å². The quantitative estimate of drug-likeness (QED) is 0.811. The normalized spacial score (nSPS) is 15.7. The molecule has 25 heavy (non-hydrogen) atoms. The minimum atomic E-state index is -4.45. The first-order valence-corrected chi connectivity index (χ1v) is 8.45. The van der Waals surface area contributed by atoms with Crippen molar-refractivity contribution in [3.63, 3.8) is 0 Å². The molecule has 1 aliphatic heterocycles. The summed E-state index contributed by atoms with van der Waals surface area (Å²) in [7, 11) is 1.68. The number of rotatable bonds is 4. The molecule has 1 atom stereocenters. The summed E-state index contributed by atoms with van der Waals surface area (Å²) in [6.45, 7) is 5.18. The maximum atomic E-state index is 13.7. The van der Waals surface area contributed by atoms with Gasteiger partial charge < -0.3 is 9.64 Å². The van der Waals surface area contributed by atoms with Gasteiger partial charge in [0.05, 0.1) is 24.0 Å². The van der Waals surface area contributed by atoms with Gasteiger partial charge in [0.2, 0.25) is 0 Å². The molecule has 1 aromatic carbocycles. The summed E-state index contributed by atoms with van der Waals surface area (Å²) >= 11 is 0. The first kappa shape index (κ1) is 17.6. The van der Waals surface area contributed by atoms with Gasteiger partial charge in [0, 0.05) is 30.4 Å². The van der Waals surface area contributed by atoms with E-state index in [4.69, 9.17) is 4.74 Å². The lowest BCUT2D eigenvalue weighted by molar-refractivity contribution is -0.137. The molecule has 0 radical (unpaired) electrons. The van der Waals surface area contributed by atoms with Crippen LogP contribution in [0.25, 0.3) is 11.1 Å². The number of alkyl halides is 3. The molecule has 0 bridgehead atoms. The van der Waals surface area contributed by atoms with E-state index in [-0.39, 0.29) is 11.6 Å². The van der Waals surface area contributed by atoms with Crippen molar-refractivity contribution in [2.75, 3.05) is 18.1 Å². The second kappa shape index (κ2) is 6.61. The van der Waals surface area contributed by atoms with Crippen molar-refractivity contribution in [3.05, 3.63) is 30.1 Å². The summed E-state index contributed by atoms with van der Waals surface area (Å²) in [6.07, 6.45) is 0.477. The molecular weight excluding hydrogens is 331 g/mol. The Morgan fingerprint density at radius 3 is 2.68 bits per heavy atom. The highest BCUT2D eigenvalue weighted by molar-refractivity contribution is 5.76. The molecule has 1 aliphatic rings. The molecule has 2 heterocycles. The second-order valence-corrected chi connectivity index (χ2v) is 6.45. The first-order chi connectivity index (χ1) is 11.8. The van der Waals surface area contributed by atoms with E-state index in [1.807, 2.05) is 11.8 Å². The standard InChI is InChI=1S/C18H22F3N3O/c1-4-5-12(2)24-6-7-25-17-8-14(13-10-22-23(3)11-13)15(9-16(17)24)18(19,20)21/h8-12H,4-7H2,1-3H3. The second-order valence-electron chi connectivity index (χ2n) is 6.45. The number of aromatic nitrogens is 2.